The third kappa shape index (κ3) is 6.11. The van der Waals surface area contributed by atoms with E-state index in [0.717, 1.165) is 11.1 Å². The van der Waals surface area contributed by atoms with E-state index in [2.05, 4.69) is 5.32 Å². The van der Waals surface area contributed by atoms with Gasteiger partial charge in [0.2, 0.25) is 12.1 Å². The Labute approximate surface area is 172 Å². The van der Waals surface area contributed by atoms with Crippen molar-refractivity contribution in [3.63, 3.8) is 0 Å². The smallest absolute Gasteiger partial charge is 0.338 e. The van der Waals surface area contributed by atoms with E-state index in [1.54, 1.807) is 13.0 Å². The number of aryl methyl sites for hydroxylation is 1. The molecule has 0 bridgehead atoms. The molecule has 8 heteroatoms. The van der Waals surface area contributed by atoms with Crippen LogP contribution in [0.25, 0.3) is 0 Å². The van der Waals surface area contributed by atoms with Crippen molar-refractivity contribution in [3.05, 3.63) is 57.1 Å². The van der Waals surface area contributed by atoms with Gasteiger partial charge in [-0.2, -0.15) is 0 Å². The summed E-state index contributed by atoms with van der Waals surface area (Å²) >= 11 is 12.4. The molecule has 0 heterocycles. The second-order valence-electron chi connectivity index (χ2n) is 6.30. The summed E-state index contributed by atoms with van der Waals surface area (Å²) in [7, 11) is 0. The van der Waals surface area contributed by atoms with Crippen LogP contribution < -0.4 is 10.1 Å². The van der Waals surface area contributed by atoms with Crippen molar-refractivity contribution in [2.45, 2.75) is 39.5 Å². The van der Waals surface area contributed by atoms with Gasteiger partial charge in [0.1, 0.15) is 6.61 Å². The topological polar surface area (TPSA) is 75.6 Å². The van der Waals surface area contributed by atoms with Crippen LogP contribution in [0.1, 0.15) is 30.0 Å². The van der Waals surface area contributed by atoms with Gasteiger partial charge in [-0.25, -0.2) is 9.18 Å². The maximum Gasteiger partial charge on any atom is 0.338 e. The molecule has 2 aromatic rings. The average Bonchev–Trinajstić information content (AvgIpc) is 2.60. The van der Waals surface area contributed by atoms with Crippen LogP contribution in [0.3, 0.4) is 0 Å². The molecular formula is C20H20Cl2FNO4. The molecule has 1 amide bonds. The van der Waals surface area contributed by atoms with Gasteiger partial charge in [-0.15, -0.1) is 0 Å². The lowest BCUT2D eigenvalue weighted by Gasteiger charge is -2.14. The number of rotatable bonds is 8. The Hall–Kier alpha value is -2.31. The predicted molar refractivity (Wildman–Crippen MR) is 107 cm³/mol. The van der Waals surface area contributed by atoms with Gasteiger partial charge in [0.05, 0.1) is 10.0 Å². The van der Waals surface area contributed by atoms with E-state index in [-0.39, 0.29) is 34.7 Å². The van der Waals surface area contributed by atoms with Gasteiger partial charge < -0.3 is 15.2 Å². The third-order valence-electron chi connectivity index (χ3n) is 3.87. The fraction of sp³-hybridized carbons (Fsp3) is 0.300. The Morgan fingerprint density at radius 3 is 2.36 bits per heavy atom. The van der Waals surface area contributed by atoms with Crippen molar-refractivity contribution < 1.29 is 23.8 Å². The van der Waals surface area contributed by atoms with Gasteiger partial charge in [-0.3, -0.25) is 4.79 Å². The Morgan fingerprint density at radius 2 is 1.79 bits per heavy atom. The number of hydrogen-bond acceptors (Lipinski definition) is 3. The minimum atomic E-state index is -2.04. The van der Waals surface area contributed by atoms with Gasteiger partial charge in [-0.05, 0) is 47.9 Å². The number of amides is 1. The van der Waals surface area contributed by atoms with Crippen molar-refractivity contribution in [1.29, 1.82) is 0 Å². The number of halogens is 3. The van der Waals surface area contributed by atoms with Crippen molar-refractivity contribution in [2.24, 2.45) is 0 Å². The van der Waals surface area contributed by atoms with Crippen LogP contribution in [0.5, 0.6) is 5.75 Å². The average molecular weight is 428 g/mol. The zero-order valence-corrected chi connectivity index (χ0v) is 16.9. The van der Waals surface area contributed by atoms with E-state index in [9.17, 15) is 14.0 Å². The molecule has 2 rings (SSSR count). The first kappa shape index (κ1) is 22.0. The monoisotopic (exact) mass is 427 g/mol. The number of nitrogens with one attached hydrogen (secondary N) is 1. The van der Waals surface area contributed by atoms with Crippen molar-refractivity contribution in [1.82, 2.24) is 0 Å². The first-order chi connectivity index (χ1) is 13.2. The quantitative estimate of drug-likeness (QED) is 0.607. The maximum absolute atomic E-state index is 13.4. The summed E-state index contributed by atoms with van der Waals surface area (Å²) in [6.07, 6.45) is -2.00. The fourth-order valence-corrected chi connectivity index (χ4v) is 3.23. The van der Waals surface area contributed by atoms with Gasteiger partial charge in [0.15, 0.2) is 5.75 Å². The molecule has 1 atom stereocenters. The second-order valence-corrected chi connectivity index (χ2v) is 7.11. The molecule has 28 heavy (non-hydrogen) atoms. The largest absolute Gasteiger partial charge is 0.486 e. The number of benzene rings is 2. The Kier molecular flexibility index (Phi) is 7.66. The van der Waals surface area contributed by atoms with E-state index in [1.165, 1.54) is 12.1 Å². The van der Waals surface area contributed by atoms with Crippen LogP contribution >= 0.6 is 23.2 Å². The number of alkyl halides is 1. The number of carboxylic acids is 1. The molecular weight excluding hydrogens is 408 g/mol. The Morgan fingerprint density at radius 1 is 1.14 bits per heavy atom. The molecule has 150 valence electrons. The van der Waals surface area contributed by atoms with E-state index in [4.69, 9.17) is 33.0 Å². The van der Waals surface area contributed by atoms with Gasteiger partial charge in [0.25, 0.3) is 0 Å². The molecule has 0 saturated heterocycles. The molecule has 0 radical (unpaired) electrons. The van der Waals surface area contributed by atoms with Gasteiger partial charge in [-0.1, -0.05) is 36.2 Å². The van der Waals surface area contributed by atoms with Crippen LogP contribution in [0.15, 0.2) is 30.3 Å². The number of aliphatic carboxylic acids is 1. The molecule has 0 aromatic heterocycles. The summed E-state index contributed by atoms with van der Waals surface area (Å²) in [6.45, 7) is 3.82. The van der Waals surface area contributed by atoms with Crippen LogP contribution in [0.4, 0.5) is 10.1 Å². The van der Waals surface area contributed by atoms with E-state index < -0.39 is 12.1 Å². The van der Waals surface area contributed by atoms with Crippen LogP contribution in [-0.4, -0.2) is 23.2 Å². The molecule has 2 aromatic carbocycles. The molecule has 5 nitrogen and oxygen atoms in total. The third-order valence-corrected chi connectivity index (χ3v) is 4.43. The molecule has 0 aliphatic rings. The normalized spacial score (nSPS) is 11.8. The van der Waals surface area contributed by atoms with Crippen LogP contribution in [-0.2, 0) is 22.6 Å². The van der Waals surface area contributed by atoms with Crippen molar-refractivity contribution in [3.8, 4) is 5.75 Å². The summed E-state index contributed by atoms with van der Waals surface area (Å²) in [5, 5.41) is 11.8. The summed E-state index contributed by atoms with van der Waals surface area (Å²) in [5.74, 6) is -1.41. The number of hydrogen-bond donors (Lipinski definition) is 2. The maximum atomic E-state index is 13.4. The zero-order chi connectivity index (χ0) is 20.8. The molecule has 2 N–H and O–H groups in total. The molecule has 0 fully saturated rings. The number of carbonyl (C=O) groups excluding carboxylic acids is 1. The van der Waals surface area contributed by atoms with Crippen molar-refractivity contribution in [2.75, 3.05) is 5.32 Å². The summed E-state index contributed by atoms with van der Waals surface area (Å²) in [5.41, 5.74) is 2.78. The van der Waals surface area contributed by atoms with E-state index in [0.29, 0.717) is 17.7 Å². The highest BCUT2D eigenvalue weighted by Crippen LogP contribution is 2.35. The van der Waals surface area contributed by atoms with Crippen LogP contribution in [0, 0.1) is 6.92 Å². The number of carbonyl (C=O) groups is 2. The number of anilines is 1. The van der Waals surface area contributed by atoms with Crippen molar-refractivity contribution >= 4 is 40.8 Å². The van der Waals surface area contributed by atoms with E-state index >= 15 is 0 Å². The summed E-state index contributed by atoms with van der Waals surface area (Å²) in [4.78, 5) is 22.2. The lowest BCUT2D eigenvalue weighted by molar-refractivity contribution is -0.142. The minimum absolute atomic E-state index is 0.0910. The molecule has 0 spiro atoms. The highest BCUT2D eigenvalue weighted by atomic mass is 35.5. The fourth-order valence-electron chi connectivity index (χ4n) is 2.59. The first-order valence-corrected chi connectivity index (χ1v) is 9.33. The highest BCUT2D eigenvalue weighted by molar-refractivity contribution is 6.37. The number of carboxylic acid groups (broad SMARTS) is 1. The second kappa shape index (κ2) is 9.75. The molecule has 0 aliphatic heterocycles. The molecule has 0 aliphatic carbocycles. The van der Waals surface area contributed by atoms with E-state index in [1.807, 2.05) is 19.1 Å². The lowest BCUT2D eigenvalue weighted by Crippen LogP contribution is -2.17. The first-order valence-electron chi connectivity index (χ1n) is 8.57. The lowest BCUT2D eigenvalue weighted by atomic mass is 10.1. The predicted octanol–water partition coefficient (Wildman–Crippen LogP) is 5.19. The summed E-state index contributed by atoms with van der Waals surface area (Å²) in [6, 6.07) is 8.40. The Balaban J connectivity index is 2.14. The van der Waals surface area contributed by atoms with Crippen LogP contribution in [0.2, 0.25) is 10.0 Å². The number of ether oxygens (including phenoxy) is 1. The molecule has 0 saturated carbocycles. The minimum Gasteiger partial charge on any atom is -0.486 e. The van der Waals surface area contributed by atoms with Gasteiger partial charge in [0, 0.05) is 18.5 Å². The van der Waals surface area contributed by atoms with Gasteiger partial charge >= 0.3 is 5.97 Å². The highest BCUT2D eigenvalue weighted by Gasteiger charge is 2.18. The Bertz CT molecular complexity index is 865. The molecule has 1 unspecified atom stereocenters. The standard InChI is InChI=1S/C20H20Cl2FNO4/c1-3-18(25)24-14-5-11(2)4-13(6-14)10-28-19-15(21)7-12(8-16(19)22)9-17(23)20(26)27/h4-8,17H,3,9-10H2,1-2H3,(H,24,25)(H,26,27). The zero-order valence-electron chi connectivity index (χ0n) is 15.4. The SMILES string of the molecule is CCC(=O)Nc1cc(C)cc(COc2c(Cl)cc(CC(F)C(=O)O)cc2Cl)c1. The summed E-state index contributed by atoms with van der Waals surface area (Å²) < 4.78 is 19.1.